The Kier molecular flexibility index (Phi) is 7.29. The highest BCUT2D eigenvalue weighted by Crippen LogP contribution is 2.35. The van der Waals surface area contributed by atoms with Gasteiger partial charge in [0.15, 0.2) is 6.61 Å². The first-order chi connectivity index (χ1) is 13.1. The molecule has 0 heterocycles. The van der Waals surface area contributed by atoms with E-state index < -0.39 is 30.0 Å². The molecule has 0 fully saturated rings. The van der Waals surface area contributed by atoms with Crippen LogP contribution in [0.25, 0.3) is 0 Å². The summed E-state index contributed by atoms with van der Waals surface area (Å²) in [5, 5.41) is 2.50. The van der Waals surface area contributed by atoms with Crippen molar-refractivity contribution in [3.05, 3.63) is 53.6 Å². The molecule has 0 aliphatic heterocycles. The van der Waals surface area contributed by atoms with E-state index in [1.807, 2.05) is 0 Å². The zero-order valence-corrected chi connectivity index (χ0v) is 15.8. The number of benzene rings is 2. The normalized spacial score (nSPS) is 11.8. The van der Waals surface area contributed by atoms with Gasteiger partial charge in [0.2, 0.25) is 0 Å². The Bertz CT molecular complexity index is 807. The van der Waals surface area contributed by atoms with Crippen molar-refractivity contribution in [2.45, 2.75) is 36.6 Å². The van der Waals surface area contributed by atoms with Gasteiger partial charge in [-0.25, -0.2) is 0 Å². The first-order valence-electron chi connectivity index (χ1n) is 8.25. The lowest BCUT2D eigenvalue weighted by molar-refractivity contribution is -0.137. The standard InChI is InChI=1S/C19H18F5NO2S/c1-11(2)15-8-3-12(19(22,23)24)9-16(15)27-10-17(26)25-13-4-6-14(7-5-13)28-18(20)21/h3-9,11,18H,10H2,1-2H3,(H,25,26). The number of anilines is 1. The van der Waals surface area contributed by atoms with Gasteiger partial charge in [-0.2, -0.15) is 22.0 Å². The molecule has 0 aliphatic carbocycles. The third kappa shape index (κ3) is 6.40. The van der Waals surface area contributed by atoms with E-state index in [-0.39, 0.29) is 11.7 Å². The number of rotatable bonds is 7. The van der Waals surface area contributed by atoms with Gasteiger partial charge in [-0.05, 0) is 47.9 Å². The minimum absolute atomic E-state index is 0.0105. The van der Waals surface area contributed by atoms with E-state index in [0.717, 1.165) is 12.1 Å². The number of carbonyl (C=O) groups excluding carboxylic acids is 1. The fourth-order valence-corrected chi connectivity index (χ4v) is 2.87. The van der Waals surface area contributed by atoms with E-state index in [1.165, 1.54) is 30.3 Å². The number of hydrogen-bond donors (Lipinski definition) is 1. The lowest BCUT2D eigenvalue weighted by Gasteiger charge is -2.16. The van der Waals surface area contributed by atoms with Gasteiger partial charge in [-0.1, -0.05) is 31.7 Å². The molecule has 1 N–H and O–H groups in total. The van der Waals surface area contributed by atoms with E-state index in [2.05, 4.69) is 5.32 Å². The monoisotopic (exact) mass is 419 g/mol. The molecule has 0 unspecified atom stereocenters. The molecule has 2 aromatic carbocycles. The number of amides is 1. The predicted octanol–water partition coefficient (Wildman–Crippen LogP) is 6.16. The van der Waals surface area contributed by atoms with Gasteiger partial charge in [0.25, 0.3) is 11.7 Å². The molecule has 0 spiro atoms. The highest BCUT2D eigenvalue weighted by molar-refractivity contribution is 7.99. The van der Waals surface area contributed by atoms with Gasteiger partial charge in [0.05, 0.1) is 5.56 Å². The quantitative estimate of drug-likeness (QED) is 0.431. The molecule has 0 aromatic heterocycles. The molecule has 152 valence electrons. The summed E-state index contributed by atoms with van der Waals surface area (Å²) in [7, 11) is 0. The van der Waals surface area contributed by atoms with Crippen molar-refractivity contribution in [2.75, 3.05) is 11.9 Å². The molecule has 0 aliphatic rings. The second kappa shape index (κ2) is 9.27. The van der Waals surface area contributed by atoms with Crippen LogP contribution in [0.1, 0.15) is 30.9 Å². The van der Waals surface area contributed by atoms with Crippen LogP contribution >= 0.6 is 11.8 Å². The minimum atomic E-state index is -4.52. The van der Waals surface area contributed by atoms with Crippen LogP contribution in [-0.4, -0.2) is 18.3 Å². The predicted molar refractivity (Wildman–Crippen MR) is 98.0 cm³/mol. The molecule has 0 radical (unpaired) electrons. The zero-order chi connectivity index (χ0) is 20.9. The van der Waals surface area contributed by atoms with Crippen molar-refractivity contribution in [2.24, 2.45) is 0 Å². The van der Waals surface area contributed by atoms with Crippen molar-refractivity contribution >= 4 is 23.4 Å². The van der Waals surface area contributed by atoms with Gasteiger partial charge in [-0.15, -0.1) is 0 Å². The summed E-state index contributed by atoms with van der Waals surface area (Å²) in [5.74, 6) is -3.23. The van der Waals surface area contributed by atoms with Crippen LogP contribution in [0.2, 0.25) is 0 Å². The summed E-state index contributed by atoms with van der Waals surface area (Å²) in [5.41, 5.74) is 0.0499. The number of thioether (sulfide) groups is 1. The summed E-state index contributed by atoms with van der Waals surface area (Å²) < 4.78 is 68.7. The Labute approximate surface area is 163 Å². The Morgan fingerprint density at radius 1 is 1.11 bits per heavy atom. The maximum absolute atomic E-state index is 12.9. The number of halogens is 5. The van der Waals surface area contributed by atoms with Crippen molar-refractivity contribution in [3.63, 3.8) is 0 Å². The fourth-order valence-electron chi connectivity index (χ4n) is 2.37. The van der Waals surface area contributed by atoms with Crippen LogP contribution in [0.3, 0.4) is 0 Å². The van der Waals surface area contributed by atoms with Crippen molar-refractivity contribution in [3.8, 4) is 5.75 Å². The van der Waals surface area contributed by atoms with E-state index in [9.17, 15) is 26.7 Å². The molecule has 0 saturated carbocycles. The Morgan fingerprint density at radius 3 is 2.29 bits per heavy atom. The molecule has 2 rings (SSSR count). The van der Waals surface area contributed by atoms with E-state index in [4.69, 9.17) is 4.74 Å². The van der Waals surface area contributed by atoms with E-state index >= 15 is 0 Å². The second-order valence-corrected chi connectivity index (χ2v) is 7.21. The van der Waals surface area contributed by atoms with Gasteiger partial charge >= 0.3 is 6.18 Å². The summed E-state index contributed by atoms with van der Waals surface area (Å²) in [6.45, 7) is 3.11. The third-order valence-corrected chi connectivity index (χ3v) is 4.41. The van der Waals surface area contributed by atoms with Crippen LogP contribution in [0.4, 0.5) is 27.6 Å². The van der Waals surface area contributed by atoms with Gasteiger partial charge in [0.1, 0.15) is 5.75 Å². The zero-order valence-electron chi connectivity index (χ0n) is 15.0. The molecule has 1 amide bonds. The van der Waals surface area contributed by atoms with Gasteiger partial charge in [-0.3, -0.25) is 4.79 Å². The van der Waals surface area contributed by atoms with Gasteiger partial charge in [0, 0.05) is 10.6 Å². The van der Waals surface area contributed by atoms with Crippen LogP contribution in [0.5, 0.6) is 5.75 Å². The summed E-state index contributed by atoms with van der Waals surface area (Å²) in [4.78, 5) is 12.4. The topological polar surface area (TPSA) is 38.3 Å². The first-order valence-corrected chi connectivity index (χ1v) is 9.13. The summed E-state index contributed by atoms with van der Waals surface area (Å²) >= 11 is 0.378. The lowest BCUT2D eigenvalue weighted by Crippen LogP contribution is -2.21. The van der Waals surface area contributed by atoms with E-state index in [0.29, 0.717) is 27.9 Å². The number of alkyl halides is 5. The van der Waals surface area contributed by atoms with Gasteiger partial charge < -0.3 is 10.1 Å². The number of carbonyl (C=O) groups is 1. The maximum atomic E-state index is 12.9. The number of hydrogen-bond acceptors (Lipinski definition) is 3. The largest absolute Gasteiger partial charge is 0.483 e. The van der Waals surface area contributed by atoms with Crippen molar-refractivity contribution in [1.29, 1.82) is 0 Å². The molecule has 0 saturated heterocycles. The van der Waals surface area contributed by atoms with Crippen molar-refractivity contribution in [1.82, 2.24) is 0 Å². The molecule has 2 aromatic rings. The molecule has 3 nitrogen and oxygen atoms in total. The molecular formula is C19H18F5NO2S. The molecule has 0 atom stereocenters. The second-order valence-electron chi connectivity index (χ2n) is 6.14. The van der Waals surface area contributed by atoms with Crippen molar-refractivity contribution < 1.29 is 31.5 Å². The smallest absolute Gasteiger partial charge is 0.416 e. The fraction of sp³-hybridized carbons (Fsp3) is 0.316. The van der Waals surface area contributed by atoms with Crippen LogP contribution in [0.15, 0.2) is 47.4 Å². The molecular weight excluding hydrogens is 401 g/mol. The SMILES string of the molecule is CC(C)c1ccc(C(F)(F)F)cc1OCC(=O)Nc1ccc(SC(F)F)cc1. The Balaban J connectivity index is 2.03. The Hall–Kier alpha value is -2.29. The third-order valence-electron chi connectivity index (χ3n) is 3.68. The van der Waals surface area contributed by atoms with Crippen LogP contribution in [0, 0.1) is 0 Å². The average Bonchev–Trinajstić information content (AvgIpc) is 2.60. The highest BCUT2D eigenvalue weighted by atomic mass is 32.2. The lowest BCUT2D eigenvalue weighted by atomic mass is 10.00. The number of ether oxygens (including phenoxy) is 1. The molecule has 9 heteroatoms. The maximum Gasteiger partial charge on any atom is 0.416 e. The summed E-state index contributed by atoms with van der Waals surface area (Å²) in [6.07, 6.45) is -4.52. The van der Waals surface area contributed by atoms with E-state index in [1.54, 1.807) is 13.8 Å². The number of nitrogens with one attached hydrogen (secondary N) is 1. The molecule has 28 heavy (non-hydrogen) atoms. The first kappa shape index (κ1) is 22.0. The average molecular weight is 419 g/mol. The highest BCUT2D eigenvalue weighted by Gasteiger charge is 2.31. The Morgan fingerprint density at radius 2 is 1.75 bits per heavy atom. The molecule has 0 bridgehead atoms. The summed E-state index contributed by atoms with van der Waals surface area (Å²) in [6, 6.07) is 8.94. The van der Waals surface area contributed by atoms with Crippen LogP contribution in [-0.2, 0) is 11.0 Å². The van der Waals surface area contributed by atoms with Crippen LogP contribution < -0.4 is 10.1 Å². The minimum Gasteiger partial charge on any atom is -0.483 e.